The number of anilines is 6. The highest BCUT2D eigenvalue weighted by molar-refractivity contribution is 7.18. The van der Waals surface area contributed by atoms with Crippen molar-refractivity contribution in [3.8, 4) is 33.5 Å². The summed E-state index contributed by atoms with van der Waals surface area (Å²) in [5.74, 6) is 1.75. The number of hydrogen-bond acceptors (Lipinski definition) is 14. The minimum Gasteiger partial charge on any atom is -0.507 e. The maximum atomic E-state index is 9.54. The fraction of sp³-hybridized carbons (Fsp3) is 0.143. The van der Waals surface area contributed by atoms with Gasteiger partial charge >= 0.3 is 0 Å². The zero-order valence-corrected chi connectivity index (χ0v) is 36.9. The molecule has 0 aliphatic heterocycles. The number of benzene rings is 6. The molecule has 332 valence electrons. The van der Waals surface area contributed by atoms with Crippen LogP contribution in [0.2, 0.25) is 0 Å². The molecular weight excluding hydrogens is 823 g/mol. The van der Waals surface area contributed by atoms with Crippen molar-refractivity contribution in [2.45, 2.75) is 39.5 Å². The van der Waals surface area contributed by atoms with Crippen molar-refractivity contribution in [3.63, 3.8) is 0 Å². The average molecular weight is 880 g/mol. The van der Waals surface area contributed by atoms with E-state index >= 15 is 0 Å². The summed E-state index contributed by atoms with van der Waals surface area (Å²) in [7, 11) is 0. The summed E-state index contributed by atoms with van der Waals surface area (Å²) < 4.78 is 12.8. The van der Waals surface area contributed by atoms with E-state index in [-0.39, 0.29) is 5.75 Å². The molecule has 0 fully saturated rings. The van der Waals surface area contributed by atoms with Crippen molar-refractivity contribution in [2.24, 2.45) is 4.99 Å². The van der Waals surface area contributed by atoms with Crippen LogP contribution < -0.4 is 39.1 Å². The Morgan fingerprint density at radius 3 is 1.89 bits per heavy atom. The molecule has 6 aromatic carbocycles. The van der Waals surface area contributed by atoms with Gasteiger partial charge in [0, 0.05) is 46.5 Å². The summed E-state index contributed by atoms with van der Waals surface area (Å²) in [4.78, 5) is 8.09. The SMILES string of the molecule is CCCCCOC=Nc1cccc(N)c1.CCc1cccc(N)c1.Nc1ccc(-n2ccnc2)cc1.Nc1ccc(O)c(-c2nnc(N)s2)c1.Nc1ccc(Oc2ccccc2)cc1. The van der Waals surface area contributed by atoms with E-state index in [9.17, 15) is 5.11 Å². The molecule has 0 radical (unpaired) electrons. The van der Waals surface area contributed by atoms with Gasteiger partial charge < -0.3 is 53.5 Å². The smallest absolute Gasteiger partial charge is 0.203 e. The van der Waals surface area contributed by atoms with Gasteiger partial charge in [0.25, 0.3) is 0 Å². The molecule has 2 heterocycles. The maximum Gasteiger partial charge on any atom is 0.203 e. The molecule has 0 saturated carbocycles. The Kier molecular flexibility index (Phi) is 20.5. The zero-order chi connectivity index (χ0) is 45.9. The number of aromatic nitrogens is 4. The van der Waals surface area contributed by atoms with Crippen LogP contribution in [-0.4, -0.2) is 37.9 Å². The number of phenols is 1. The number of aliphatic imine (C=N–C) groups is 1. The lowest BCUT2D eigenvalue weighted by Crippen LogP contribution is -1.91. The van der Waals surface area contributed by atoms with Gasteiger partial charge in [-0.2, -0.15) is 0 Å². The maximum absolute atomic E-state index is 9.54. The van der Waals surface area contributed by atoms with Crippen LogP contribution in [0.3, 0.4) is 0 Å². The highest BCUT2D eigenvalue weighted by atomic mass is 32.1. The van der Waals surface area contributed by atoms with Crippen molar-refractivity contribution in [3.05, 3.63) is 170 Å². The van der Waals surface area contributed by atoms with Crippen LogP contribution in [0.4, 0.5) is 39.3 Å². The van der Waals surface area contributed by atoms with Gasteiger partial charge in [-0.3, -0.25) is 0 Å². The molecule has 0 aliphatic rings. The number of rotatable bonds is 11. The fourth-order valence-corrected chi connectivity index (χ4v) is 5.93. The van der Waals surface area contributed by atoms with Crippen LogP contribution in [0, 0.1) is 0 Å². The molecular formula is C49H57N11O3S. The Balaban J connectivity index is 0.000000177. The second kappa shape index (κ2) is 27.0. The number of aryl methyl sites for hydroxylation is 1. The molecule has 0 aliphatic carbocycles. The standard InChI is InChI=1S/C12H18N2O.C12H11NO.C9H9N3.C8H8N4OS.C8H11N/c1-2-3-4-8-15-10-14-12-7-5-6-11(13)9-12;13-10-6-8-12(9-7-10)14-11-4-2-1-3-5-11;10-8-1-3-9(4-2-8)12-6-5-11-7-12;9-4-1-2-6(13)5(3-4)7-11-12-8(10)14-7;1-2-7-4-3-5-8(9)6-7/h5-7,9-10H,2-4,8,13H2,1H3;1-9H,13H2;1-7H,10H2;1-3,13H,9H2,(H2,10,12);3-6H,2,9H2,1H3. The lowest BCUT2D eigenvalue weighted by molar-refractivity contribution is 0.308. The number of phenolic OH excluding ortho intramolecular Hbond substituents is 1. The number of para-hydroxylation sites is 1. The monoisotopic (exact) mass is 879 g/mol. The number of aromatic hydroxyl groups is 1. The second-order valence-corrected chi connectivity index (χ2v) is 14.8. The summed E-state index contributed by atoms with van der Waals surface area (Å²) in [6.07, 6.45) is 11.4. The Hall–Kier alpha value is -8.04. The first-order valence-corrected chi connectivity index (χ1v) is 21.3. The minimum absolute atomic E-state index is 0.121. The first-order chi connectivity index (χ1) is 31.0. The van der Waals surface area contributed by atoms with Crippen LogP contribution in [0.5, 0.6) is 17.2 Å². The molecule has 0 saturated heterocycles. The predicted octanol–water partition coefficient (Wildman–Crippen LogP) is 10.6. The summed E-state index contributed by atoms with van der Waals surface area (Å²) >= 11 is 1.20. The Morgan fingerprint density at radius 2 is 1.30 bits per heavy atom. The number of nitrogens with zero attached hydrogens (tertiary/aromatic N) is 5. The summed E-state index contributed by atoms with van der Waals surface area (Å²) in [6, 6.07) is 44.8. The topological polar surface area (TPSA) is 251 Å². The molecule has 8 aromatic rings. The first kappa shape index (κ1) is 48.6. The van der Waals surface area contributed by atoms with Gasteiger partial charge in [-0.25, -0.2) is 9.98 Å². The molecule has 64 heavy (non-hydrogen) atoms. The highest BCUT2D eigenvalue weighted by Gasteiger charge is 2.09. The third kappa shape index (κ3) is 18.3. The van der Waals surface area contributed by atoms with Crippen LogP contribution >= 0.6 is 11.3 Å². The highest BCUT2D eigenvalue weighted by Crippen LogP contribution is 2.33. The molecule has 0 spiro atoms. The molecule has 0 unspecified atom stereocenters. The van der Waals surface area contributed by atoms with E-state index in [0.717, 1.165) is 65.1 Å². The van der Waals surface area contributed by atoms with Gasteiger partial charge in [-0.1, -0.05) is 74.4 Å². The second-order valence-electron chi connectivity index (χ2n) is 13.8. The van der Waals surface area contributed by atoms with Crippen molar-refractivity contribution >= 4 is 57.0 Å². The molecule has 15 heteroatoms. The van der Waals surface area contributed by atoms with Crippen LogP contribution in [0.25, 0.3) is 16.3 Å². The summed E-state index contributed by atoms with van der Waals surface area (Å²) in [6.45, 7) is 5.02. The van der Waals surface area contributed by atoms with Crippen LogP contribution in [0.1, 0.15) is 38.7 Å². The van der Waals surface area contributed by atoms with Crippen molar-refractivity contribution in [1.29, 1.82) is 0 Å². The first-order valence-electron chi connectivity index (χ1n) is 20.5. The third-order valence-electron chi connectivity index (χ3n) is 8.62. The van der Waals surface area contributed by atoms with Crippen LogP contribution in [-0.2, 0) is 11.2 Å². The van der Waals surface area contributed by atoms with Gasteiger partial charge in [0.1, 0.15) is 17.2 Å². The summed E-state index contributed by atoms with van der Waals surface area (Å²) in [5.41, 5.74) is 40.7. The van der Waals surface area contributed by atoms with E-state index in [2.05, 4.69) is 40.1 Å². The number of nitrogens with two attached hydrogens (primary N) is 6. The normalized spacial score (nSPS) is 10.1. The fourth-order valence-electron chi connectivity index (χ4n) is 5.29. The quantitative estimate of drug-likeness (QED) is 0.0211. The van der Waals surface area contributed by atoms with Gasteiger partial charge in [0.2, 0.25) is 5.13 Å². The average Bonchev–Trinajstić information content (AvgIpc) is 4.01. The predicted molar refractivity (Wildman–Crippen MR) is 266 cm³/mol. The van der Waals surface area contributed by atoms with E-state index in [1.54, 1.807) is 24.7 Å². The number of imidazole rings is 1. The molecule has 2 aromatic heterocycles. The third-order valence-corrected chi connectivity index (χ3v) is 9.40. The summed E-state index contributed by atoms with van der Waals surface area (Å²) in [5, 5.41) is 17.9. The van der Waals surface area contributed by atoms with Crippen molar-refractivity contribution < 1.29 is 14.6 Å². The number of unbranched alkanes of at least 4 members (excludes halogenated alkanes) is 2. The van der Waals surface area contributed by atoms with Gasteiger partial charge in [-0.15, -0.1) is 10.2 Å². The van der Waals surface area contributed by atoms with Gasteiger partial charge in [-0.05, 0) is 128 Å². The number of ether oxygens (including phenoxy) is 2. The van der Waals surface area contributed by atoms with Crippen molar-refractivity contribution in [1.82, 2.24) is 19.7 Å². The van der Waals surface area contributed by atoms with Gasteiger partial charge in [0.15, 0.2) is 11.4 Å². The lowest BCUT2D eigenvalue weighted by atomic mass is 10.1. The molecule has 0 atom stereocenters. The Bertz CT molecular complexity index is 2530. The van der Waals surface area contributed by atoms with Gasteiger partial charge in [0.05, 0.1) is 24.2 Å². The molecule has 8 rings (SSSR count). The Labute approximate surface area is 378 Å². The number of hydrogen-bond donors (Lipinski definition) is 7. The van der Waals surface area contributed by atoms with Crippen molar-refractivity contribution in [2.75, 3.05) is 41.0 Å². The number of nitrogen functional groups attached to an aromatic ring is 6. The molecule has 13 N–H and O–H groups in total. The van der Waals surface area contributed by atoms with E-state index in [1.165, 1.54) is 42.2 Å². The minimum atomic E-state index is 0.121. The molecule has 14 nitrogen and oxygen atoms in total. The van der Waals surface area contributed by atoms with E-state index in [0.29, 0.717) is 21.4 Å². The van der Waals surface area contributed by atoms with E-state index < -0.39 is 0 Å². The van der Waals surface area contributed by atoms with E-state index in [1.807, 2.05) is 132 Å². The molecule has 0 bridgehead atoms. The van der Waals surface area contributed by atoms with E-state index in [4.69, 9.17) is 43.9 Å². The molecule has 0 amide bonds. The lowest BCUT2D eigenvalue weighted by Gasteiger charge is -2.04. The zero-order valence-electron chi connectivity index (χ0n) is 36.1. The Morgan fingerprint density at radius 1 is 0.656 bits per heavy atom. The van der Waals surface area contributed by atoms with Crippen LogP contribution in [0.15, 0.2) is 169 Å². The largest absolute Gasteiger partial charge is 0.507 e.